The van der Waals surface area contributed by atoms with Crippen LogP contribution in [0.3, 0.4) is 0 Å². The van der Waals surface area contributed by atoms with Crippen molar-refractivity contribution in [2.75, 3.05) is 12.3 Å². The summed E-state index contributed by atoms with van der Waals surface area (Å²) in [6.07, 6.45) is 1.40. The van der Waals surface area contributed by atoms with Gasteiger partial charge >= 0.3 is 0 Å². The Labute approximate surface area is 226 Å². The first-order valence-corrected chi connectivity index (χ1v) is 12.8. The number of aryl methyl sites for hydroxylation is 1. The number of primary amides is 1. The number of aromatic nitrogens is 1. The monoisotopic (exact) mass is 532 g/mol. The Kier molecular flexibility index (Phi) is 8.55. The summed E-state index contributed by atoms with van der Waals surface area (Å²) in [5.41, 5.74) is 15.2. The molecule has 2 heterocycles. The van der Waals surface area contributed by atoms with E-state index in [1.165, 1.54) is 6.07 Å². The first-order valence-electron chi connectivity index (χ1n) is 12.8. The number of rotatable bonds is 9. The summed E-state index contributed by atoms with van der Waals surface area (Å²) in [5, 5.41) is 8.88. The molecule has 0 radical (unpaired) electrons. The normalized spacial score (nSPS) is 17.4. The van der Waals surface area contributed by atoms with Gasteiger partial charge in [-0.2, -0.15) is 0 Å². The topological polar surface area (TPSA) is 152 Å². The number of nitrogen functional groups attached to an aromatic ring is 1. The van der Waals surface area contributed by atoms with Crippen LogP contribution in [0, 0.1) is 18.7 Å². The van der Waals surface area contributed by atoms with E-state index in [1.807, 2.05) is 37.3 Å². The molecule has 39 heavy (non-hydrogen) atoms. The maximum absolute atomic E-state index is 13.6. The molecule has 0 aliphatic carbocycles. The molecule has 7 N–H and O–H groups in total. The van der Waals surface area contributed by atoms with Crippen LogP contribution in [0.25, 0.3) is 11.1 Å². The number of hydrogen-bond acceptors (Lipinski definition) is 6. The van der Waals surface area contributed by atoms with Gasteiger partial charge in [-0.05, 0) is 79.6 Å². The number of nitrogens with one attached hydrogen (secondary N) is 3. The summed E-state index contributed by atoms with van der Waals surface area (Å²) >= 11 is 0. The molecule has 0 saturated carbocycles. The highest BCUT2D eigenvalue weighted by molar-refractivity contribution is 5.99. The Hall–Kier alpha value is -4.31. The SMILES string of the molecule is Cc1nc(N)ccc1CNC(=O)[C@H](C)NC(=O)[C@H]1C[C@H](Cc2ccc(-c3ccc(F)cc3C(N)=O)cc2)CN1. The Morgan fingerprint density at radius 2 is 1.87 bits per heavy atom. The van der Waals surface area contributed by atoms with E-state index in [0.29, 0.717) is 30.9 Å². The fraction of sp³-hybridized carbons (Fsp3) is 0.310. The third-order valence-corrected chi connectivity index (χ3v) is 7.00. The molecule has 1 aliphatic rings. The lowest BCUT2D eigenvalue weighted by Crippen LogP contribution is -2.50. The van der Waals surface area contributed by atoms with Gasteiger partial charge < -0.3 is 27.4 Å². The van der Waals surface area contributed by atoms with Gasteiger partial charge in [0.15, 0.2) is 0 Å². The third-order valence-electron chi connectivity index (χ3n) is 7.00. The first kappa shape index (κ1) is 27.7. The van der Waals surface area contributed by atoms with Gasteiger partial charge in [0.1, 0.15) is 17.7 Å². The maximum atomic E-state index is 13.6. The molecular formula is C29H33FN6O3. The van der Waals surface area contributed by atoms with Crippen LogP contribution in [0.5, 0.6) is 0 Å². The van der Waals surface area contributed by atoms with Crippen molar-refractivity contribution in [2.24, 2.45) is 11.7 Å². The number of anilines is 1. The summed E-state index contributed by atoms with van der Waals surface area (Å²) in [4.78, 5) is 41.2. The van der Waals surface area contributed by atoms with Gasteiger partial charge in [-0.15, -0.1) is 0 Å². The molecule has 0 bridgehead atoms. The van der Waals surface area contributed by atoms with E-state index in [2.05, 4.69) is 20.9 Å². The molecule has 0 unspecified atom stereocenters. The Balaban J connectivity index is 1.27. The minimum Gasteiger partial charge on any atom is -0.384 e. The van der Waals surface area contributed by atoms with E-state index in [9.17, 15) is 18.8 Å². The third kappa shape index (κ3) is 6.97. The van der Waals surface area contributed by atoms with E-state index in [1.54, 1.807) is 19.1 Å². The molecule has 9 nitrogen and oxygen atoms in total. The van der Waals surface area contributed by atoms with Gasteiger partial charge in [-0.1, -0.05) is 36.4 Å². The van der Waals surface area contributed by atoms with E-state index in [4.69, 9.17) is 11.5 Å². The van der Waals surface area contributed by atoms with Crippen molar-refractivity contribution in [1.82, 2.24) is 20.9 Å². The van der Waals surface area contributed by atoms with Crippen LogP contribution in [0.2, 0.25) is 0 Å². The molecule has 10 heteroatoms. The number of carbonyl (C=O) groups is 3. The van der Waals surface area contributed by atoms with E-state index >= 15 is 0 Å². The smallest absolute Gasteiger partial charge is 0.249 e. The number of pyridine rings is 1. The predicted molar refractivity (Wildman–Crippen MR) is 147 cm³/mol. The lowest BCUT2D eigenvalue weighted by Gasteiger charge is -2.17. The van der Waals surface area contributed by atoms with Crippen molar-refractivity contribution in [2.45, 2.75) is 45.3 Å². The zero-order valence-electron chi connectivity index (χ0n) is 22.0. The fourth-order valence-electron chi connectivity index (χ4n) is 4.80. The summed E-state index contributed by atoms with van der Waals surface area (Å²) in [5.74, 6) is -1.03. The quantitative estimate of drug-likeness (QED) is 0.285. The lowest BCUT2D eigenvalue weighted by atomic mass is 9.93. The van der Waals surface area contributed by atoms with Gasteiger partial charge in [0.25, 0.3) is 0 Å². The van der Waals surface area contributed by atoms with E-state index < -0.39 is 17.8 Å². The van der Waals surface area contributed by atoms with Crippen molar-refractivity contribution in [1.29, 1.82) is 0 Å². The van der Waals surface area contributed by atoms with Crippen LogP contribution in [-0.2, 0) is 22.6 Å². The van der Waals surface area contributed by atoms with Crippen LogP contribution < -0.4 is 27.4 Å². The van der Waals surface area contributed by atoms with Gasteiger partial charge in [0, 0.05) is 17.8 Å². The summed E-state index contributed by atoms with van der Waals surface area (Å²) in [6, 6.07) is 14.1. The number of carbonyl (C=O) groups excluding carboxylic acids is 3. The molecular weight excluding hydrogens is 499 g/mol. The molecule has 1 saturated heterocycles. The summed E-state index contributed by atoms with van der Waals surface area (Å²) in [6.45, 7) is 4.45. The van der Waals surface area contributed by atoms with Crippen LogP contribution in [0.1, 0.15) is 40.5 Å². The van der Waals surface area contributed by atoms with E-state index in [0.717, 1.165) is 34.9 Å². The molecule has 1 aromatic heterocycles. The summed E-state index contributed by atoms with van der Waals surface area (Å²) in [7, 11) is 0. The molecule has 204 valence electrons. The molecule has 3 aromatic rings. The van der Waals surface area contributed by atoms with Crippen LogP contribution >= 0.6 is 0 Å². The average molecular weight is 533 g/mol. The second-order valence-corrected chi connectivity index (χ2v) is 9.95. The number of benzene rings is 2. The van der Waals surface area contributed by atoms with Gasteiger partial charge in [-0.25, -0.2) is 9.37 Å². The highest BCUT2D eigenvalue weighted by Crippen LogP contribution is 2.26. The predicted octanol–water partition coefficient (Wildman–Crippen LogP) is 2.22. The van der Waals surface area contributed by atoms with Crippen molar-refractivity contribution in [3.8, 4) is 11.1 Å². The second kappa shape index (κ2) is 12.0. The number of amides is 3. The highest BCUT2D eigenvalue weighted by atomic mass is 19.1. The summed E-state index contributed by atoms with van der Waals surface area (Å²) < 4.78 is 13.6. The Bertz CT molecular complexity index is 1380. The zero-order valence-corrected chi connectivity index (χ0v) is 22.0. The molecule has 4 rings (SSSR count). The van der Waals surface area contributed by atoms with E-state index in [-0.39, 0.29) is 29.3 Å². The average Bonchev–Trinajstić information content (AvgIpc) is 3.37. The van der Waals surface area contributed by atoms with Crippen molar-refractivity contribution >= 4 is 23.5 Å². The van der Waals surface area contributed by atoms with Gasteiger partial charge in [-0.3, -0.25) is 14.4 Å². The molecule has 1 fully saturated rings. The largest absolute Gasteiger partial charge is 0.384 e. The van der Waals surface area contributed by atoms with Gasteiger partial charge in [0.2, 0.25) is 17.7 Å². The van der Waals surface area contributed by atoms with Crippen LogP contribution in [0.15, 0.2) is 54.6 Å². The molecule has 1 aliphatic heterocycles. The number of hydrogen-bond donors (Lipinski definition) is 5. The van der Waals surface area contributed by atoms with Gasteiger partial charge in [0.05, 0.1) is 6.04 Å². The minimum atomic E-state index is -0.690. The standard InChI is InChI=1S/C29H33FN6O3/c1-16-21(7-10-26(31)35-16)15-34-28(38)17(2)36-29(39)25-12-19(14-33-25)11-18-3-5-20(6-4-18)23-9-8-22(30)13-24(23)27(32)37/h3-10,13,17,19,25,33H,11-12,14-15H2,1-2H3,(H2,31,35)(H2,32,37)(H,34,38)(H,36,39)/t17-,19-,25+/m0/s1. The number of halogens is 1. The van der Waals surface area contributed by atoms with Crippen molar-refractivity contribution in [3.05, 3.63) is 82.8 Å². The molecule has 0 spiro atoms. The van der Waals surface area contributed by atoms with Crippen molar-refractivity contribution in [3.63, 3.8) is 0 Å². The fourth-order valence-corrected chi connectivity index (χ4v) is 4.80. The molecule has 3 atom stereocenters. The Morgan fingerprint density at radius 3 is 2.56 bits per heavy atom. The van der Waals surface area contributed by atoms with Crippen LogP contribution in [-0.4, -0.2) is 41.3 Å². The minimum absolute atomic E-state index is 0.136. The number of nitrogens with two attached hydrogens (primary N) is 2. The molecule has 2 aromatic carbocycles. The van der Waals surface area contributed by atoms with Crippen LogP contribution in [0.4, 0.5) is 10.2 Å². The van der Waals surface area contributed by atoms with Crippen molar-refractivity contribution < 1.29 is 18.8 Å². The Morgan fingerprint density at radius 1 is 1.13 bits per heavy atom. The zero-order chi connectivity index (χ0) is 28.1. The number of nitrogens with zero attached hydrogens (tertiary/aromatic N) is 1. The maximum Gasteiger partial charge on any atom is 0.249 e. The highest BCUT2D eigenvalue weighted by Gasteiger charge is 2.31. The molecule has 3 amide bonds. The first-order chi connectivity index (χ1) is 18.6. The lowest BCUT2D eigenvalue weighted by molar-refractivity contribution is -0.129. The second-order valence-electron chi connectivity index (χ2n) is 9.95.